The average Bonchev–Trinajstić information content (AvgIpc) is 2.33. The summed E-state index contributed by atoms with van der Waals surface area (Å²) in [5.74, 6) is -0.868. The number of aliphatic carboxylic acids is 1. The molecule has 116 valence electrons. The van der Waals surface area contributed by atoms with Gasteiger partial charge >= 0.3 is 12.0 Å². The van der Waals surface area contributed by atoms with E-state index in [2.05, 4.69) is 5.32 Å². The van der Waals surface area contributed by atoms with Crippen LogP contribution in [0, 0.1) is 5.41 Å². The number of carbonyl (C=O) groups excluding carboxylic acids is 1. The normalized spacial score (nSPS) is 23.4. The van der Waals surface area contributed by atoms with Gasteiger partial charge in [0.1, 0.15) is 9.84 Å². The highest BCUT2D eigenvalue weighted by Gasteiger charge is 2.39. The summed E-state index contributed by atoms with van der Waals surface area (Å²) in [6.45, 7) is 2.62. The number of piperidine rings is 1. The summed E-state index contributed by atoms with van der Waals surface area (Å²) in [6.07, 6.45) is 2.71. The van der Waals surface area contributed by atoms with Crippen LogP contribution >= 0.6 is 0 Å². The summed E-state index contributed by atoms with van der Waals surface area (Å²) in [7, 11) is -3.02. The highest BCUT2D eigenvalue weighted by atomic mass is 32.2. The lowest BCUT2D eigenvalue weighted by Gasteiger charge is -2.37. The van der Waals surface area contributed by atoms with Crippen molar-refractivity contribution in [3.63, 3.8) is 0 Å². The van der Waals surface area contributed by atoms with Gasteiger partial charge in [-0.3, -0.25) is 4.79 Å². The first-order valence-corrected chi connectivity index (χ1v) is 8.64. The fraction of sp³-hybridized carbons (Fsp3) is 0.833. The number of carboxylic acids is 1. The lowest BCUT2D eigenvalue weighted by atomic mass is 9.82. The molecule has 0 aromatic heterocycles. The Morgan fingerprint density at radius 1 is 1.40 bits per heavy atom. The number of amides is 2. The van der Waals surface area contributed by atoms with E-state index in [4.69, 9.17) is 0 Å². The molecular formula is C12H22N2O5S. The van der Waals surface area contributed by atoms with Crippen molar-refractivity contribution in [1.82, 2.24) is 10.2 Å². The predicted molar refractivity (Wildman–Crippen MR) is 74.3 cm³/mol. The molecule has 0 aromatic carbocycles. The first-order chi connectivity index (χ1) is 9.14. The Bertz CT molecular complexity index is 476. The Labute approximate surface area is 119 Å². The third-order valence-corrected chi connectivity index (χ3v) is 4.50. The summed E-state index contributed by atoms with van der Waals surface area (Å²) in [6, 6.07) is -0.328. The van der Waals surface area contributed by atoms with Crippen LogP contribution in [-0.4, -0.2) is 62.1 Å². The van der Waals surface area contributed by atoms with E-state index in [-0.39, 0.29) is 24.9 Å². The number of carbonyl (C=O) groups is 2. The van der Waals surface area contributed by atoms with E-state index in [1.54, 1.807) is 6.92 Å². The maximum Gasteiger partial charge on any atom is 0.317 e. The van der Waals surface area contributed by atoms with Crippen LogP contribution in [0.5, 0.6) is 0 Å². The number of carboxylic acid groups (broad SMARTS) is 1. The van der Waals surface area contributed by atoms with Crippen LogP contribution in [0.15, 0.2) is 0 Å². The molecule has 1 aliphatic heterocycles. The molecule has 1 heterocycles. The number of nitrogens with one attached hydrogen (secondary N) is 1. The fourth-order valence-corrected chi connectivity index (χ4v) is 2.90. The van der Waals surface area contributed by atoms with Gasteiger partial charge in [-0.05, 0) is 26.2 Å². The molecular weight excluding hydrogens is 284 g/mol. The Morgan fingerprint density at radius 3 is 2.60 bits per heavy atom. The molecule has 1 atom stereocenters. The van der Waals surface area contributed by atoms with E-state index in [0.717, 1.165) is 6.26 Å². The number of urea groups is 1. The molecule has 0 spiro atoms. The highest BCUT2D eigenvalue weighted by molar-refractivity contribution is 7.90. The van der Waals surface area contributed by atoms with Gasteiger partial charge < -0.3 is 15.3 Å². The van der Waals surface area contributed by atoms with Gasteiger partial charge in [0.25, 0.3) is 0 Å². The van der Waals surface area contributed by atoms with Crippen molar-refractivity contribution in [2.75, 3.05) is 31.6 Å². The molecule has 0 bridgehead atoms. The Balaban J connectivity index is 2.42. The number of hydrogen-bond donors (Lipinski definition) is 2. The third kappa shape index (κ3) is 4.99. The van der Waals surface area contributed by atoms with E-state index < -0.39 is 21.2 Å². The van der Waals surface area contributed by atoms with Gasteiger partial charge in [-0.1, -0.05) is 0 Å². The quantitative estimate of drug-likeness (QED) is 0.712. The summed E-state index contributed by atoms with van der Waals surface area (Å²) in [5.41, 5.74) is -0.900. The van der Waals surface area contributed by atoms with Crippen molar-refractivity contribution in [3.8, 4) is 0 Å². The molecule has 7 nitrogen and oxygen atoms in total. The van der Waals surface area contributed by atoms with Gasteiger partial charge in [-0.2, -0.15) is 0 Å². The van der Waals surface area contributed by atoms with Crippen LogP contribution < -0.4 is 5.32 Å². The summed E-state index contributed by atoms with van der Waals surface area (Å²) in [4.78, 5) is 24.6. The minimum absolute atomic E-state index is 0.0279. The summed E-state index contributed by atoms with van der Waals surface area (Å²) in [5, 5.41) is 11.8. The lowest BCUT2D eigenvalue weighted by molar-refractivity contribution is -0.150. The zero-order valence-electron chi connectivity index (χ0n) is 11.9. The molecule has 1 fully saturated rings. The smallest absolute Gasteiger partial charge is 0.317 e. The molecule has 0 radical (unpaired) electrons. The molecule has 2 amide bonds. The monoisotopic (exact) mass is 306 g/mol. The summed E-state index contributed by atoms with van der Waals surface area (Å²) < 4.78 is 21.9. The minimum atomic E-state index is -3.02. The summed E-state index contributed by atoms with van der Waals surface area (Å²) >= 11 is 0. The van der Waals surface area contributed by atoms with Gasteiger partial charge in [-0.25, -0.2) is 13.2 Å². The number of sulfone groups is 1. The van der Waals surface area contributed by atoms with Crippen molar-refractivity contribution in [1.29, 1.82) is 0 Å². The van der Waals surface area contributed by atoms with Gasteiger partial charge in [0.15, 0.2) is 0 Å². The molecule has 1 rings (SSSR count). The Morgan fingerprint density at radius 2 is 2.05 bits per heavy atom. The molecule has 1 unspecified atom stereocenters. The van der Waals surface area contributed by atoms with Crippen LogP contribution in [0.1, 0.15) is 26.2 Å². The first-order valence-electron chi connectivity index (χ1n) is 6.58. The van der Waals surface area contributed by atoms with Crippen molar-refractivity contribution in [2.45, 2.75) is 26.2 Å². The maximum atomic E-state index is 11.9. The van der Waals surface area contributed by atoms with Crippen LogP contribution in [0.25, 0.3) is 0 Å². The maximum absolute atomic E-state index is 11.9. The Kier molecular flexibility index (Phi) is 5.38. The Hall–Kier alpha value is -1.31. The zero-order valence-corrected chi connectivity index (χ0v) is 12.7. The zero-order chi connectivity index (χ0) is 15.4. The molecule has 0 aliphatic carbocycles. The van der Waals surface area contributed by atoms with Crippen LogP contribution in [-0.2, 0) is 14.6 Å². The van der Waals surface area contributed by atoms with E-state index in [1.165, 1.54) is 4.90 Å². The molecule has 0 saturated carbocycles. The molecule has 2 N–H and O–H groups in total. The first kappa shape index (κ1) is 16.7. The number of rotatable bonds is 5. The van der Waals surface area contributed by atoms with E-state index in [1.807, 2.05) is 0 Å². The number of hydrogen-bond acceptors (Lipinski definition) is 4. The van der Waals surface area contributed by atoms with Crippen molar-refractivity contribution < 1.29 is 23.1 Å². The van der Waals surface area contributed by atoms with Crippen LogP contribution in [0.3, 0.4) is 0 Å². The lowest BCUT2D eigenvalue weighted by Crippen LogP contribution is -2.51. The predicted octanol–water partition coefficient (Wildman–Crippen LogP) is 0.317. The van der Waals surface area contributed by atoms with Crippen molar-refractivity contribution in [2.24, 2.45) is 5.41 Å². The molecule has 1 saturated heterocycles. The highest BCUT2D eigenvalue weighted by Crippen LogP contribution is 2.29. The number of likely N-dealkylation sites (tertiary alicyclic amines) is 1. The van der Waals surface area contributed by atoms with Crippen LogP contribution in [0.2, 0.25) is 0 Å². The van der Waals surface area contributed by atoms with E-state index in [9.17, 15) is 23.1 Å². The largest absolute Gasteiger partial charge is 0.481 e. The number of nitrogens with zero attached hydrogens (tertiary/aromatic N) is 1. The van der Waals surface area contributed by atoms with Gasteiger partial charge in [0, 0.05) is 25.9 Å². The second-order valence-electron chi connectivity index (χ2n) is 5.61. The SMILES string of the molecule is CC1(C(=O)O)CCCN(C(=O)NCCCS(C)(=O)=O)C1. The second kappa shape index (κ2) is 6.43. The molecule has 0 aromatic rings. The molecule has 8 heteroatoms. The van der Waals surface area contributed by atoms with Gasteiger partial charge in [-0.15, -0.1) is 0 Å². The van der Waals surface area contributed by atoms with Crippen molar-refractivity contribution >= 4 is 21.8 Å². The second-order valence-corrected chi connectivity index (χ2v) is 7.87. The van der Waals surface area contributed by atoms with E-state index in [0.29, 0.717) is 25.8 Å². The topological polar surface area (TPSA) is 104 Å². The van der Waals surface area contributed by atoms with Crippen LogP contribution in [0.4, 0.5) is 4.79 Å². The standard InChI is InChI=1S/C12H22N2O5S/c1-12(10(15)16)5-3-7-14(9-12)11(17)13-6-4-8-20(2,18)19/h3-9H2,1-2H3,(H,13,17)(H,15,16). The average molecular weight is 306 g/mol. The van der Waals surface area contributed by atoms with Crippen molar-refractivity contribution in [3.05, 3.63) is 0 Å². The van der Waals surface area contributed by atoms with E-state index >= 15 is 0 Å². The fourth-order valence-electron chi connectivity index (χ4n) is 2.23. The third-order valence-electron chi connectivity index (χ3n) is 3.47. The minimum Gasteiger partial charge on any atom is -0.481 e. The van der Waals surface area contributed by atoms with Gasteiger partial charge in [0.2, 0.25) is 0 Å². The molecule has 1 aliphatic rings. The van der Waals surface area contributed by atoms with Gasteiger partial charge in [0.05, 0.1) is 11.2 Å². The molecule has 20 heavy (non-hydrogen) atoms.